The number of fused-ring (bicyclic) bond motifs is 2. The van der Waals surface area contributed by atoms with Crippen LogP contribution in [0.15, 0.2) is 22.6 Å². The zero-order valence-electron chi connectivity index (χ0n) is 12.5. The summed E-state index contributed by atoms with van der Waals surface area (Å²) in [5.74, 6) is 0.800. The molecule has 4 rings (SSSR count). The summed E-state index contributed by atoms with van der Waals surface area (Å²) in [7, 11) is 0. The summed E-state index contributed by atoms with van der Waals surface area (Å²) < 4.78 is 5.86. The number of rotatable bonds is 2. The van der Waals surface area contributed by atoms with Gasteiger partial charge in [-0.15, -0.1) is 0 Å². The highest BCUT2D eigenvalue weighted by Crippen LogP contribution is 2.26. The largest absolute Gasteiger partial charge is 0.439 e. The molecule has 2 aromatic rings. The third kappa shape index (κ3) is 2.40. The van der Waals surface area contributed by atoms with E-state index >= 15 is 0 Å². The van der Waals surface area contributed by atoms with Crippen LogP contribution in [0.3, 0.4) is 0 Å². The van der Waals surface area contributed by atoms with Crippen molar-refractivity contribution in [3.8, 4) is 0 Å². The molecule has 0 bridgehead atoms. The molecule has 2 fully saturated rings. The molecule has 0 amide bonds. The highest BCUT2D eigenvalue weighted by molar-refractivity contribution is 5.76. The van der Waals surface area contributed by atoms with E-state index in [1.165, 1.54) is 19.4 Å². The van der Waals surface area contributed by atoms with E-state index in [0.717, 1.165) is 48.4 Å². The Balaban J connectivity index is 1.53. The lowest BCUT2D eigenvalue weighted by Gasteiger charge is -2.41. The van der Waals surface area contributed by atoms with Crippen LogP contribution >= 0.6 is 0 Å². The van der Waals surface area contributed by atoms with Crippen LogP contribution in [0.2, 0.25) is 0 Å². The average molecular weight is 286 g/mol. The number of anilines is 1. The normalized spacial score (nSPS) is 27.3. The van der Waals surface area contributed by atoms with Gasteiger partial charge in [-0.05, 0) is 44.5 Å². The Morgan fingerprint density at radius 1 is 1.38 bits per heavy atom. The summed E-state index contributed by atoms with van der Waals surface area (Å²) in [5, 5.41) is 0. The topological polar surface area (TPSA) is 58.5 Å². The highest BCUT2D eigenvalue weighted by Gasteiger charge is 2.34. The van der Waals surface area contributed by atoms with Gasteiger partial charge in [0.1, 0.15) is 5.52 Å². The number of piperazine rings is 1. The molecule has 5 heteroatoms. The van der Waals surface area contributed by atoms with Crippen molar-refractivity contribution in [2.45, 2.75) is 38.4 Å². The maximum absolute atomic E-state index is 5.86. The highest BCUT2D eigenvalue weighted by atomic mass is 16.3. The van der Waals surface area contributed by atoms with Crippen molar-refractivity contribution in [2.24, 2.45) is 0 Å². The van der Waals surface area contributed by atoms with Crippen molar-refractivity contribution < 1.29 is 4.42 Å². The first-order valence-corrected chi connectivity index (χ1v) is 7.82. The quantitative estimate of drug-likeness (QED) is 0.857. The number of hydrogen-bond donors (Lipinski definition) is 1. The van der Waals surface area contributed by atoms with E-state index in [9.17, 15) is 0 Å². The molecule has 0 spiro atoms. The van der Waals surface area contributed by atoms with Gasteiger partial charge in [0, 0.05) is 30.9 Å². The first kappa shape index (κ1) is 13.1. The fourth-order valence-electron chi connectivity index (χ4n) is 3.70. The number of hydrogen-bond acceptors (Lipinski definition) is 5. The monoisotopic (exact) mass is 286 g/mol. The van der Waals surface area contributed by atoms with Gasteiger partial charge in [0.05, 0.1) is 6.54 Å². The SMILES string of the molecule is CC1CN2CCCC2CN1Cc1nc2cc(N)ccc2o1. The Morgan fingerprint density at radius 3 is 3.19 bits per heavy atom. The minimum Gasteiger partial charge on any atom is -0.439 e. The molecule has 2 N–H and O–H groups in total. The molecule has 2 aliphatic heterocycles. The second-order valence-corrected chi connectivity index (χ2v) is 6.40. The van der Waals surface area contributed by atoms with Crippen molar-refractivity contribution in [3.05, 3.63) is 24.1 Å². The van der Waals surface area contributed by atoms with Crippen LogP contribution in [-0.2, 0) is 6.54 Å². The Morgan fingerprint density at radius 2 is 2.29 bits per heavy atom. The van der Waals surface area contributed by atoms with Crippen molar-refractivity contribution in [3.63, 3.8) is 0 Å². The van der Waals surface area contributed by atoms with Crippen molar-refractivity contribution >= 4 is 16.8 Å². The average Bonchev–Trinajstić information content (AvgIpc) is 3.04. The zero-order chi connectivity index (χ0) is 14.4. The van der Waals surface area contributed by atoms with Crippen LogP contribution in [0, 0.1) is 0 Å². The number of benzene rings is 1. The maximum atomic E-state index is 5.86. The Bertz CT molecular complexity index is 653. The van der Waals surface area contributed by atoms with Crippen molar-refractivity contribution in [2.75, 3.05) is 25.4 Å². The van der Waals surface area contributed by atoms with Crippen LogP contribution in [0.25, 0.3) is 11.1 Å². The van der Waals surface area contributed by atoms with E-state index in [4.69, 9.17) is 10.2 Å². The smallest absolute Gasteiger partial charge is 0.209 e. The molecule has 2 aliphatic rings. The molecule has 3 heterocycles. The summed E-state index contributed by atoms with van der Waals surface area (Å²) >= 11 is 0. The molecule has 5 nitrogen and oxygen atoms in total. The molecular weight excluding hydrogens is 264 g/mol. The Labute approximate surface area is 124 Å². The minimum absolute atomic E-state index is 0.555. The summed E-state index contributed by atoms with van der Waals surface area (Å²) in [6.45, 7) is 6.65. The predicted molar refractivity (Wildman–Crippen MR) is 82.9 cm³/mol. The summed E-state index contributed by atoms with van der Waals surface area (Å²) in [4.78, 5) is 9.72. The van der Waals surface area contributed by atoms with Gasteiger partial charge in [-0.1, -0.05) is 0 Å². The molecule has 2 unspecified atom stereocenters. The zero-order valence-corrected chi connectivity index (χ0v) is 12.5. The minimum atomic E-state index is 0.555. The van der Waals surface area contributed by atoms with Gasteiger partial charge in [0.2, 0.25) is 5.89 Å². The number of nitrogen functional groups attached to an aromatic ring is 1. The molecule has 1 aromatic heterocycles. The standard InChI is InChI=1S/C16H22N4O/c1-11-8-19-6-2-3-13(19)9-20(11)10-16-18-14-7-12(17)4-5-15(14)21-16/h4-5,7,11,13H,2-3,6,8-10,17H2,1H3. The lowest BCUT2D eigenvalue weighted by atomic mass is 10.1. The molecule has 0 aliphatic carbocycles. The Hall–Kier alpha value is -1.59. The number of aromatic nitrogens is 1. The lowest BCUT2D eigenvalue weighted by Crippen LogP contribution is -2.54. The first-order chi connectivity index (χ1) is 10.2. The van der Waals surface area contributed by atoms with E-state index in [1.54, 1.807) is 0 Å². The van der Waals surface area contributed by atoms with Crippen molar-refractivity contribution in [1.82, 2.24) is 14.8 Å². The van der Waals surface area contributed by atoms with Crippen LogP contribution in [0.1, 0.15) is 25.7 Å². The van der Waals surface area contributed by atoms with Crippen LogP contribution in [-0.4, -0.2) is 46.5 Å². The molecule has 2 atom stereocenters. The van der Waals surface area contributed by atoms with Gasteiger partial charge in [-0.2, -0.15) is 0 Å². The second kappa shape index (κ2) is 5.00. The van der Waals surface area contributed by atoms with Gasteiger partial charge in [0.15, 0.2) is 5.58 Å². The predicted octanol–water partition coefficient (Wildman–Crippen LogP) is 2.08. The summed E-state index contributed by atoms with van der Waals surface area (Å²) in [6.07, 6.45) is 2.67. The van der Waals surface area contributed by atoms with E-state index in [0.29, 0.717) is 6.04 Å². The van der Waals surface area contributed by atoms with Gasteiger partial charge >= 0.3 is 0 Å². The van der Waals surface area contributed by atoms with Crippen molar-refractivity contribution in [1.29, 1.82) is 0 Å². The molecular formula is C16H22N4O. The van der Waals surface area contributed by atoms with Gasteiger partial charge in [0.25, 0.3) is 0 Å². The summed E-state index contributed by atoms with van der Waals surface area (Å²) in [5.41, 5.74) is 8.22. The number of nitrogens with two attached hydrogens (primary N) is 1. The van der Waals surface area contributed by atoms with E-state index < -0.39 is 0 Å². The van der Waals surface area contributed by atoms with Crippen LogP contribution < -0.4 is 5.73 Å². The van der Waals surface area contributed by atoms with E-state index in [-0.39, 0.29) is 0 Å². The molecule has 2 saturated heterocycles. The van der Waals surface area contributed by atoms with Gasteiger partial charge < -0.3 is 10.2 Å². The molecule has 0 radical (unpaired) electrons. The first-order valence-electron chi connectivity index (χ1n) is 7.82. The van der Waals surface area contributed by atoms with E-state index in [2.05, 4.69) is 21.7 Å². The second-order valence-electron chi connectivity index (χ2n) is 6.40. The fourth-order valence-corrected chi connectivity index (χ4v) is 3.70. The third-order valence-corrected chi connectivity index (χ3v) is 4.86. The number of nitrogens with zero attached hydrogens (tertiary/aromatic N) is 3. The maximum Gasteiger partial charge on any atom is 0.209 e. The number of oxazole rings is 1. The van der Waals surface area contributed by atoms with Gasteiger partial charge in [-0.3, -0.25) is 9.80 Å². The Kier molecular flexibility index (Phi) is 3.12. The molecule has 21 heavy (non-hydrogen) atoms. The van der Waals surface area contributed by atoms with Gasteiger partial charge in [-0.25, -0.2) is 4.98 Å². The van der Waals surface area contributed by atoms with Crippen LogP contribution in [0.5, 0.6) is 0 Å². The molecule has 112 valence electrons. The third-order valence-electron chi connectivity index (χ3n) is 4.86. The molecule has 1 aromatic carbocycles. The summed E-state index contributed by atoms with van der Waals surface area (Å²) in [6, 6.07) is 6.91. The van der Waals surface area contributed by atoms with E-state index in [1.807, 2.05) is 18.2 Å². The molecule has 0 saturated carbocycles. The lowest BCUT2D eigenvalue weighted by molar-refractivity contribution is 0.0486. The fraction of sp³-hybridized carbons (Fsp3) is 0.562. The van der Waals surface area contributed by atoms with Crippen LogP contribution in [0.4, 0.5) is 5.69 Å².